The molecule has 6 rings (SSSR count). The van der Waals surface area contributed by atoms with Gasteiger partial charge < -0.3 is 48.4 Å². The average Bonchev–Trinajstić information content (AvgIpc) is 3.74. The summed E-state index contributed by atoms with van der Waals surface area (Å²) in [7, 11) is 0.117. The number of hydrogen-bond acceptors (Lipinski definition) is 12. The molecule has 2 N–H and O–H groups in total. The molecule has 4 heterocycles. The lowest BCUT2D eigenvalue weighted by Crippen LogP contribution is -2.45. The standard InChI is InChI=1S/C41H60N4O12Si2/c1-52-34-18-28-30(44(24-54-12-14-58(3,4)5)40(50)32-16-26(46)22-42(32)38(28)48)20-36(34)56-10-9-11-57-37-21-31-29(19-35(37)53-2)39(49)43-23-27(47)17-33(43)41(51)45(31)25-55-13-15-59(6,7)8/h18-21,26-27,32-33,46-47H,9-17,22-25H2,1-8H3/t26-,27?,32+,33?/m1/s1. The van der Waals surface area contributed by atoms with Crippen molar-refractivity contribution >= 4 is 51.2 Å². The Bertz CT molecular complexity index is 1770. The first-order valence-corrected chi connectivity index (χ1v) is 27.8. The van der Waals surface area contributed by atoms with Crippen LogP contribution in [0.1, 0.15) is 40.0 Å². The fourth-order valence-electron chi connectivity index (χ4n) is 7.64. The van der Waals surface area contributed by atoms with E-state index in [4.69, 9.17) is 28.4 Å². The summed E-state index contributed by atoms with van der Waals surface area (Å²) < 4.78 is 35.8. The first-order valence-electron chi connectivity index (χ1n) is 20.4. The van der Waals surface area contributed by atoms with Gasteiger partial charge in [0.25, 0.3) is 23.6 Å². The molecule has 16 nitrogen and oxygen atoms in total. The van der Waals surface area contributed by atoms with Gasteiger partial charge in [0.2, 0.25) is 0 Å². The fraction of sp³-hybridized carbons (Fsp3) is 0.610. The van der Waals surface area contributed by atoms with Gasteiger partial charge >= 0.3 is 0 Å². The fourth-order valence-corrected chi connectivity index (χ4v) is 9.15. The summed E-state index contributed by atoms with van der Waals surface area (Å²) in [4.78, 5) is 61.3. The second-order valence-corrected chi connectivity index (χ2v) is 29.3. The maximum atomic E-state index is 13.9. The van der Waals surface area contributed by atoms with Gasteiger partial charge in [-0.3, -0.25) is 29.0 Å². The average molecular weight is 857 g/mol. The van der Waals surface area contributed by atoms with Crippen molar-refractivity contribution in [2.75, 3.05) is 77.0 Å². The summed E-state index contributed by atoms with van der Waals surface area (Å²) in [5, 5.41) is 20.8. The summed E-state index contributed by atoms with van der Waals surface area (Å²) in [6, 6.07) is 6.54. The van der Waals surface area contributed by atoms with E-state index >= 15 is 0 Å². The van der Waals surface area contributed by atoms with E-state index in [-0.39, 0.29) is 87.4 Å². The van der Waals surface area contributed by atoms with Crippen molar-refractivity contribution < 1.29 is 57.8 Å². The molecule has 2 aromatic carbocycles. The highest BCUT2D eigenvalue weighted by Gasteiger charge is 2.47. The minimum absolute atomic E-state index is 0.0504. The smallest absolute Gasteiger partial charge is 0.256 e. The first kappa shape index (κ1) is 44.3. The van der Waals surface area contributed by atoms with Gasteiger partial charge in [0.1, 0.15) is 25.5 Å². The predicted molar refractivity (Wildman–Crippen MR) is 225 cm³/mol. The van der Waals surface area contributed by atoms with Gasteiger partial charge in [-0.15, -0.1) is 0 Å². The van der Waals surface area contributed by atoms with Gasteiger partial charge in [-0.1, -0.05) is 39.3 Å². The van der Waals surface area contributed by atoms with Crippen molar-refractivity contribution in [3.63, 3.8) is 0 Å². The van der Waals surface area contributed by atoms with E-state index in [1.165, 1.54) is 33.8 Å². The largest absolute Gasteiger partial charge is 0.493 e. The summed E-state index contributed by atoms with van der Waals surface area (Å²) in [6.07, 6.45) is -0.960. The molecule has 0 spiro atoms. The van der Waals surface area contributed by atoms with E-state index < -0.39 is 40.4 Å². The number of ether oxygens (including phenoxy) is 6. The maximum Gasteiger partial charge on any atom is 0.256 e. The third-order valence-electron chi connectivity index (χ3n) is 11.0. The zero-order valence-electron chi connectivity index (χ0n) is 35.6. The molecule has 4 aliphatic rings. The number of methoxy groups -OCH3 is 2. The second-order valence-electron chi connectivity index (χ2n) is 18.0. The normalized spacial score (nSPS) is 21.9. The molecule has 59 heavy (non-hydrogen) atoms. The Hall–Kier alpha value is -4.21. The number of aliphatic hydroxyl groups is 2. The van der Waals surface area contributed by atoms with Crippen molar-refractivity contribution in [1.29, 1.82) is 0 Å². The van der Waals surface area contributed by atoms with Crippen LogP contribution >= 0.6 is 0 Å². The number of nitrogens with zero attached hydrogens (tertiary/aromatic N) is 4. The second kappa shape index (κ2) is 18.2. The van der Waals surface area contributed by atoms with Crippen molar-refractivity contribution in [3.8, 4) is 23.0 Å². The van der Waals surface area contributed by atoms with Crippen LogP contribution in [0.2, 0.25) is 51.4 Å². The molecular weight excluding hydrogens is 797 g/mol. The molecule has 2 saturated heterocycles. The van der Waals surface area contributed by atoms with Crippen LogP contribution < -0.4 is 28.7 Å². The number of benzene rings is 2. The topological polar surface area (TPSA) is 177 Å². The molecule has 2 aromatic rings. The van der Waals surface area contributed by atoms with E-state index in [2.05, 4.69) is 39.3 Å². The van der Waals surface area contributed by atoms with Crippen LogP contribution in [0, 0.1) is 0 Å². The molecule has 324 valence electrons. The SMILES string of the molecule is COc1cc2c(cc1OCCCOc1cc3c(cc1OC)C(=O)N1C[C@H](O)C[C@H]1C(=O)N3COCC[Si](C)(C)C)N(COCC[Si](C)(C)C)C(=O)C1CC(O)CN1C2=O. The highest BCUT2D eigenvalue weighted by atomic mass is 28.3. The summed E-state index contributed by atoms with van der Waals surface area (Å²) in [5.41, 5.74) is 1.17. The quantitative estimate of drug-likeness (QED) is 0.163. The Morgan fingerprint density at radius 3 is 1.34 bits per heavy atom. The molecule has 4 amide bonds. The number of hydrogen-bond donors (Lipinski definition) is 2. The molecule has 2 fully saturated rings. The number of anilines is 2. The highest BCUT2D eigenvalue weighted by molar-refractivity contribution is 6.76. The number of carbonyl (C=O) groups excluding carboxylic acids is 4. The van der Waals surface area contributed by atoms with Gasteiger partial charge in [-0.05, 0) is 24.2 Å². The van der Waals surface area contributed by atoms with Crippen molar-refractivity contribution in [1.82, 2.24) is 9.80 Å². The molecule has 0 aromatic heterocycles. The lowest BCUT2D eigenvalue weighted by molar-refractivity contribution is -0.124. The Morgan fingerprint density at radius 1 is 0.593 bits per heavy atom. The van der Waals surface area contributed by atoms with Crippen LogP contribution in [0.4, 0.5) is 11.4 Å². The first-order chi connectivity index (χ1) is 27.9. The van der Waals surface area contributed by atoms with Crippen molar-refractivity contribution in [2.24, 2.45) is 0 Å². The lowest BCUT2D eigenvalue weighted by atomic mass is 10.1. The van der Waals surface area contributed by atoms with E-state index in [1.807, 2.05) is 0 Å². The zero-order chi connectivity index (χ0) is 42.8. The highest BCUT2D eigenvalue weighted by Crippen LogP contribution is 2.42. The molecule has 2 unspecified atom stereocenters. The molecule has 0 bridgehead atoms. The van der Waals surface area contributed by atoms with E-state index in [1.54, 1.807) is 24.3 Å². The Labute approximate surface area is 348 Å². The maximum absolute atomic E-state index is 13.9. The van der Waals surface area contributed by atoms with Crippen LogP contribution in [-0.2, 0) is 19.1 Å². The summed E-state index contributed by atoms with van der Waals surface area (Å²) in [6.45, 7) is 14.7. The van der Waals surface area contributed by atoms with Crippen LogP contribution in [0.25, 0.3) is 0 Å². The zero-order valence-corrected chi connectivity index (χ0v) is 37.6. The van der Waals surface area contributed by atoms with Gasteiger partial charge in [0.05, 0.1) is 62.1 Å². The minimum Gasteiger partial charge on any atom is -0.493 e. The van der Waals surface area contributed by atoms with Crippen LogP contribution in [0.15, 0.2) is 24.3 Å². The summed E-state index contributed by atoms with van der Waals surface area (Å²) >= 11 is 0. The Morgan fingerprint density at radius 2 is 0.983 bits per heavy atom. The summed E-state index contributed by atoms with van der Waals surface area (Å²) in [5.74, 6) is -0.211. The molecule has 0 aliphatic carbocycles. The van der Waals surface area contributed by atoms with Crippen molar-refractivity contribution in [3.05, 3.63) is 35.4 Å². The third kappa shape index (κ3) is 10.1. The van der Waals surface area contributed by atoms with Crippen LogP contribution in [0.5, 0.6) is 23.0 Å². The molecule has 0 saturated carbocycles. The Kier molecular flexibility index (Phi) is 13.7. The molecule has 4 atom stereocenters. The number of fused-ring (bicyclic) bond motifs is 4. The van der Waals surface area contributed by atoms with E-state index in [0.717, 1.165) is 12.1 Å². The van der Waals surface area contributed by atoms with Gasteiger partial charge in [-0.2, -0.15) is 0 Å². The van der Waals surface area contributed by atoms with Crippen LogP contribution in [0.3, 0.4) is 0 Å². The van der Waals surface area contributed by atoms with Crippen LogP contribution in [-0.4, -0.2) is 151 Å². The van der Waals surface area contributed by atoms with Gasteiger partial charge in [0.15, 0.2) is 23.0 Å². The monoisotopic (exact) mass is 856 g/mol. The van der Waals surface area contributed by atoms with E-state index in [9.17, 15) is 29.4 Å². The number of aliphatic hydroxyl groups excluding tert-OH is 2. The number of carbonyl (C=O) groups is 4. The minimum atomic E-state index is -1.41. The third-order valence-corrected chi connectivity index (χ3v) is 14.4. The molecule has 0 radical (unpaired) electrons. The van der Waals surface area contributed by atoms with Gasteiger partial charge in [0, 0.05) is 73.8 Å². The molecule has 4 aliphatic heterocycles. The van der Waals surface area contributed by atoms with Crippen molar-refractivity contribution in [2.45, 2.75) is 94.9 Å². The molecular formula is C41H60N4O12Si2. The molecule has 18 heteroatoms. The number of rotatable bonds is 18. The number of amides is 4. The van der Waals surface area contributed by atoms with E-state index in [0.29, 0.717) is 54.0 Å². The van der Waals surface area contributed by atoms with Gasteiger partial charge in [-0.25, -0.2) is 0 Å². The lowest BCUT2D eigenvalue weighted by Gasteiger charge is -2.26. The Balaban J connectivity index is 1.18. The predicted octanol–water partition coefficient (Wildman–Crippen LogP) is 4.02.